The summed E-state index contributed by atoms with van der Waals surface area (Å²) in [6, 6.07) is 18.6. The van der Waals surface area contributed by atoms with Crippen LogP contribution in [0.2, 0.25) is 0 Å². The summed E-state index contributed by atoms with van der Waals surface area (Å²) in [5.74, 6) is 0.268. The van der Waals surface area contributed by atoms with Crippen molar-refractivity contribution in [3.05, 3.63) is 78.0 Å². The molecule has 0 radical (unpaired) electrons. The van der Waals surface area contributed by atoms with Crippen molar-refractivity contribution in [1.29, 1.82) is 0 Å². The van der Waals surface area contributed by atoms with Crippen LogP contribution in [0, 0.1) is 0 Å². The number of hydrogen-bond donors (Lipinski definition) is 1. The molecule has 1 fully saturated rings. The second-order valence-corrected chi connectivity index (χ2v) is 7.35. The van der Waals surface area contributed by atoms with Crippen LogP contribution < -0.4 is 0 Å². The van der Waals surface area contributed by atoms with Crippen molar-refractivity contribution in [1.82, 2.24) is 14.8 Å². The lowest BCUT2D eigenvalue weighted by Crippen LogP contribution is -2.48. The number of nitrogens with one attached hydrogen (secondary N) is 1. The van der Waals surface area contributed by atoms with E-state index < -0.39 is 0 Å². The number of fused-ring (bicyclic) bond motifs is 1. The molecule has 144 valence electrons. The minimum atomic E-state index is 0.268. The second kappa shape index (κ2) is 8.89. The molecule has 0 aliphatic carbocycles. The van der Waals surface area contributed by atoms with E-state index in [4.69, 9.17) is 0 Å². The Hall–Kier alpha value is -2.85. The van der Waals surface area contributed by atoms with E-state index in [2.05, 4.69) is 58.4 Å². The van der Waals surface area contributed by atoms with Crippen LogP contribution >= 0.6 is 0 Å². The Kier molecular flexibility index (Phi) is 5.88. The van der Waals surface area contributed by atoms with Gasteiger partial charge in [0.2, 0.25) is 5.91 Å². The predicted octanol–water partition coefficient (Wildman–Crippen LogP) is 3.96. The monoisotopic (exact) mass is 373 g/mol. The van der Waals surface area contributed by atoms with E-state index in [1.54, 1.807) is 0 Å². The molecule has 0 atom stereocenters. The van der Waals surface area contributed by atoms with Gasteiger partial charge in [0.25, 0.3) is 0 Å². The highest BCUT2D eigenvalue weighted by atomic mass is 16.2. The number of carbonyl (C=O) groups excluding carboxylic acids is 1. The molecule has 0 bridgehead atoms. The average Bonchev–Trinajstić information content (AvgIpc) is 3.16. The van der Waals surface area contributed by atoms with Crippen LogP contribution in [0.3, 0.4) is 0 Å². The molecule has 1 aliphatic heterocycles. The van der Waals surface area contributed by atoms with Gasteiger partial charge in [-0.3, -0.25) is 9.69 Å². The van der Waals surface area contributed by atoms with E-state index in [1.807, 2.05) is 29.3 Å². The Labute approximate surface area is 166 Å². The van der Waals surface area contributed by atoms with Crippen molar-refractivity contribution >= 4 is 22.9 Å². The van der Waals surface area contributed by atoms with E-state index in [1.165, 1.54) is 16.5 Å². The number of benzene rings is 2. The Balaban J connectivity index is 1.22. The molecular formula is C24H27N3O. The molecule has 1 aliphatic rings. The maximum absolute atomic E-state index is 12.6. The predicted molar refractivity (Wildman–Crippen MR) is 115 cm³/mol. The molecule has 2 heterocycles. The molecule has 28 heavy (non-hydrogen) atoms. The summed E-state index contributed by atoms with van der Waals surface area (Å²) in [6.45, 7) is 4.47. The van der Waals surface area contributed by atoms with Crippen LogP contribution in [0.15, 0.2) is 66.9 Å². The molecule has 0 spiro atoms. The quantitative estimate of drug-likeness (QED) is 0.710. The van der Waals surface area contributed by atoms with Crippen LogP contribution in [0.5, 0.6) is 0 Å². The summed E-state index contributed by atoms with van der Waals surface area (Å²) < 4.78 is 0. The van der Waals surface area contributed by atoms with Crippen LogP contribution in [0.4, 0.5) is 0 Å². The van der Waals surface area contributed by atoms with Gasteiger partial charge in [-0.05, 0) is 23.6 Å². The maximum Gasteiger partial charge on any atom is 0.222 e. The first-order valence-corrected chi connectivity index (χ1v) is 10.1. The molecule has 1 saturated heterocycles. The van der Waals surface area contributed by atoms with Gasteiger partial charge in [0.05, 0.1) is 0 Å². The fourth-order valence-corrected chi connectivity index (χ4v) is 3.82. The van der Waals surface area contributed by atoms with Gasteiger partial charge in [-0.25, -0.2) is 0 Å². The third-order valence-corrected chi connectivity index (χ3v) is 5.48. The molecule has 2 aromatic carbocycles. The number of aryl methyl sites for hydroxylation is 1. The summed E-state index contributed by atoms with van der Waals surface area (Å²) in [7, 11) is 0. The second-order valence-electron chi connectivity index (χ2n) is 7.35. The summed E-state index contributed by atoms with van der Waals surface area (Å²) >= 11 is 0. The van der Waals surface area contributed by atoms with E-state index in [9.17, 15) is 4.79 Å². The van der Waals surface area contributed by atoms with Crippen molar-refractivity contribution in [2.75, 3.05) is 32.7 Å². The lowest BCUT2D eigenvalue weighted by atomic mass is 10.1. The number of rotatable bonds is 6. The Morgan fingerprint density at radius 1 is 0.964 bits per heavy atom. The highest BCUT2D eigenvalue weighted by molar-refractivity contribution is 5.84. The smallest absolute Gasteiger partial charge is 0.222 e. The number of piperazine rings is 1. The van der Waals surface area contributed by atoms with Gasteiger partial charge in [0, 0.05) is 56.2 Å². The van der Waals surface area contributed by atoms with Gasteiger partial charge in [-0.1, -0.05) is 60.7 Å². The molecule has 4 heteroatoms. The number of aromatic amines is 1. The van der Waals surface area contributed by atoms with Gasteiger partial charge >= 0.3 is 0 Å². The minimum Gasteiger partial charge on any atom is -0.361 e. The number of aromatic nitrogens is 1. The van der Waals surface area contributed by atoms with Crippen molar-refractivity contribution < 1.29 is 4.79 Å². The number of carbonyl (C=O) groups is 1. The molecular weight excluding hydrogens is 346 g/mol. The lowest BCUT2D eigenvalue weighted by Gasteiger charge is -2.34. The highest BCUT2D eigenvalue weighted by Crippen LogP contribution is 2.19. The van der Waals surface area contributed by atoms with Crippen LogP contribution in [-0.2, 0) is 11.2 Å². The van der Waals surface area contributed by atoms with E-state index in [-0.39, 0.29) is 5.91 Å². The van der Waals surface area contributed by atoms with Gasteiger partial charge < -0.3 is 9.88 Å². The topological polar surface area (TPSA) is 39.3 Å². The highest BCUT2D eigenvalue weighted by Gasteiger charge is 2.20. The summed E-state index contributed by atoms with van der Waals surface area (Å²) in [4.78, 5) is 20.3. The zero-order chi connectivity index (χ0) is 19.2. The third-order valence-electron chi connectivity index (χ3n) is 5.48. The Morgan fingerprint density at radius 3 is 2.54 bits per heavy atom. The molecule has 0 saturated carbocycles. The van der Waals surface area contributed by atoms with Crippen LogP contribution in [0.25, 0.3) is 17.0 Å². The largest absolute Gasteiger partial charge is 0.361 e. The van der Waals surface area contributed by atoms with E-state index in [0.717, 1.165) is 44.7 Å². The van der Waals surface area contributed by atoms with Crippen molar-refractivity contribution in [2.24, 2.45) is 0 Å². The fraction of sp³-hybridized carbons (Fsp3) is 0.292. The number of nitrogens with zero attached hydrogens (tertiary/aromatic N) is 2. The van der Waals surface area contributed by atoms with E-state index >= 15 is 0 Å². The molecule has 1 N–H and O–H groups in total. The molecule has 1 amide bonds. The average molecular weight is 374 g/mol. The summed E-state index contributed by atoms with van der Waals surface area (Å²) in [6.07, 6.45) is 7.79. The zero-order valence-corrected chi connectivity index (χ0v) is 16.2. The summed E-state index contributed by atoms with van der Waals surface area (Å²) in [5.41, 5.74) is 3.60. The van der Waals surface area contributed by atoms with Gasteiger partial charge in [-0.15, -0.1) is 0 Å². The minimum absolute atomic E-state index is 0.268. The van der Waals surface area contributed by atoms with Crippen molar-refractivity contribution in [2.45, 2.75) is 12.8 Å². The van der Waals surface area contributed by atoms with Crippen molar-refractivity contribution in [3.8, 4) is 0 Å². The van der Waals surface area contributed by atoms with Crippen LogP contribution in [-0.4, -0.2) is 53.4 Å². The molecule has 1 aromatic heterocycles. The van der Waals surface area contributed by atoms with Gasteiger partial charge in [0.15, 0.2) is 0 Å². The normalized spacial score (nSPS) is 15.5. The first kappa shape index (κ1) is 18.5. The number of hydrogen-bond acceptors (Lipinski definition) is 2. The van der Waals surface area contributed by atoms with Crippen molar-refractivity contribution in [3.63, 3.8) is 0 Å². The third kappa shape index (κ3) is 4.52. The zero-order valence-electron chi connectivity index (χ0n) is 16.2. The molecule has 0 unspecified atom stereocenters. The number of amides is 1. The summed E-state index contributed by atoms with van der Waals surface area (Å²) in [5, 5.41) is 1.23. The molecule has 4 nitrogen and oxygen atoms in total. The number of H-pyrrole nitrogens is 1. The fourth-order valence-electron chi connectivity index (χ4n) is 3.82. The number of para-hydroxylation sites is 1. The first-order chi connectivity index (χ1) is 13.8. The first-order valence-electron chi connectivity index (χ1n) is 10.1. The van der Waals surface area contributed by atoms with E-state index in [0.29, 0.717) is 6.42 Å². The van der Waals surface area contributed by atoms with Gasteiger partial charge in [-0.2, -0.15) is 0 Å². The SMILES string of the molecule is O=C(CCc1c[nH]c2ccccc12)N1CCN(C/C=C/c2ccccc2)CC1. The Morgan fingerprint density at radius 2 is 1.71 bits per heavy atom. The van der Waals surface area contributed by atoms with Crippen LogP contribution in [0.1, 0.15) is 17.5 Å². The Bertz CT molecular complexity index is 937. The standard InChI is InChI=1S/C24H27N3O/c28-24(13-12-21-19-25-23-11-5-4-10-22(21)23)27-17-15-26(16-18-27)14-6-9-20-7-2-1-3-8-20/h1-11,19,25H,12-18H2/b9-6+. The molecule has 3 aromatic rings. The lowest BCUT2D eigenvalue weighted by molar-refractivity contribution is -0.132. The maximum atomic E-state index is 12.6. The molecule has 4 rings (SSSR count). The van der Waals surface area contributed by atoms with Gasteiger partial charge in [0.1, 0.15) is 0 Å².